The Morgan fingerprint density at radius 2 is 2.25 bits per heavy atom. The Morgan fingerprint density at radius 1 is 1.40 bits per heavy atom. The molecule has 0 saturated heterocycles. The van der Waals surface area contributed by atoms with Gasteiger partial charge in [-0.15, -0.1) is 0 Å². The summed E-state index contributed by atoms with van der Waals surface area (Å²) in [5.74, 6) is 0.00270. The lowest BCUT2D eigenvalue weighted by atomic mass is 9.98. The summed E-state index contributed by atoms with van der Waals surface area (Å²) in [5.41, 5.74) is 3.34. The van der Waals surface area contributed by atoms with Crippen LogP contribution >= 0.6 is 0 Å². The molecule has 2 N–H and O–H groups in total. The number of carbonyl (C=O) groups excluding carboxylic acids is 1. The summed E-state index contributed by atoms with van der Waals surface area (Å²) in [6, 6.07) is 6.00. The van der Waals surface area contributed by atoms with E-state index < -0.39 is 0 Å². The van der Waals surface area contributed by atoms with Crippen molar-refractivity contribution >= 4 is 5.91 Å². The molecule has 1 amide bonds. The SMILES string of the molecule is CC(C)OCCCNC(=O)c1ccc2c(c1)CNCC2. The predicted octanol–water partition coefficient (Wildman–Crippen LogP) is 1.88. The Balaban J connectivity index is 1.80. The fraction of sp³-hybridized carbons (Fsp3) is 0.562. The van der Waals surface area contributed by atoms with E-state index in [4.69, 9.17) is 4.74 Å². The van der Waals surface area contributed by atoms with Crippen molar-refractivity contribution < 1.29 is 9.53 Å². The molecule has 0 fully saturated rings. The van der Waals surface area contributed by atoms with Gasteiger partial charge in [-0.25, -0.2) is 0 Å². The van der Waals surface area contributed by atoms with Gasteiger partial charge in [0.05, 0.1) is 6.10 Å². The maximum atomic E-state index is 12.1. The van der Waals surface area contributed by atoms with Crippen LogP contribution in [-0.4, -0.2) is 31.7 Å². The molecule has 0 aromatic heterocycles. The van der Waals surface area contributed by atoms with Crippen LogP contribution in [0, 0.1) is 0 Å². The molecule has 0 atom stereocenters. The highest BCUT2D eigenvalue weighted by Crippen LogP contribution is 2.15. The molecule has 1 heterocycles. The maximum Gasteiger partial charge on any atom is 0.251 e. The summed E-state index contributed by atoms with van der Waals surface area (Å²) in [7, 11) is 0. The quantitative estimate of drug-likeness (QED) is 0.780. The number of amides is 1. The molecule has 4 heteroatoms. The van der Waals surface area contributed by atoms with Gasteiger partial charge in [-0.2, -0.15) is 0 Å². The van der Waals surface area contributed by atoms with Crippen molar-refractivity contribution in [2.24, 2.45) is 0 Å². The minimum Gasteiger partial charge on any atom is -0.379 e. The molecule has 0 spiro atoms. The molecule has 20 heavy (non-hydrogen) atoms. The molecule has 0 radical (unpaired) electrons. The number of hydrogen-bond acceptors (Lipinski definition) is 3. The topological polar surface area (TPSA) is 50.4 Å². The van der Waals surface area contributed by atoms with E-state index in [2.05, 4.69) is 16.7 Å². The highest BCUT2D eigenvalue weighted by molar-refractivity contribution is 5.94. The Kier molecular flexibility index (Phi) is 5.56. The molecule has 4 nitrogen and oxygen atoms in total. The first-order chi connectivity index (χ1) is 9.66. The molecule has 0 aliphatic carbocycles. The van der Waals surface area contributed by atoms with Gasteiger partial charge in [0.2, 0.25) is 0 Å². The van der Waals surface area contributed by atoms with Gasteiger partial charge in [-0.1, -0.05) is 6.07 Å². The number of hydrogen-bond donors (Lipinski definition) is 2. The minimum atomic E-state index is 0.00270. The van der Waals surface area contributed by atoms with Crippen LogP contribution in [-0.2, 0) is 17.7 Å². The molecule has 0 unspecified atom stereocenters. The molecule has 110 valence electrons. The summed E-state index contributed by atoms with van der Waals surface area (Å²) in [4.78, 5) is 12.1. The van der Waals surface area contributed by atoms with Crippen LogP contribution in [0.15, 0.2) is 18.2 Å². The second-order valence-corrected chi connectivity index (χ2v) is 5.44. The van der Waals surface area contributed by atoms with Crippen LogP contribution in [0.2, 0.25) is 0 Å². The lowest BCUT2D eigenvalue weighted by molar-refractivity contribution is 0.0757. The fourth-order valence-electron chi connectivity index (χ4n) is 2.32. The van der Waals surface area contributed by atoms with Crippen molar-refractivity contribution in [2.75, 3.05) is 19.7 Å². The van der Waals surface area contributed by atoms with E-state index in [0.717, 1.165) is 31.5 Å². The monoisotopic (exact) mass is 276 g/mol. The summed E-state index contributed by atoms with van der Waals surface area (Å²) in [5, 5.41) is 6.27. The highest BCUT2D eigenvalue weighted by Gasteiger charge is 2.12. The van der Waals surface area contributed by atoms with E-state index in [-0.39, 0.29) is 12.0 Å². The Labute approximate surface area is 120 Å². The van der Waals surface area contributed by atoms with E-state index in [0.29, 0.717) is 13.2 Å². The molecular weight excluding hydrogens is 252 g/mol. The van der Waals surface area contributed by atoms with Crippen molar-refractivity contribution in [1.29, 1.82) is 0 Å². The van der Waals surface area contributed by atoms with E-state index in [1.807, 2.05) is 26.0 Å². The zero-order chi connectivity index (χ0) is 14.4. The van der Waals surface area contributed by atoms with Gasteiger partial charge in [0, 0.05) is 25.3 Å². The number of benzene rings is 1. The Bertz CT molecular complexity index is 458. The van der Waals surface area contributed by atoms with Crippen LogP contribution in [0.25, 0.3) is 0 Å². The molecule has 2 rings (SSSR count). The first kappa shape index (κ1) is 15.0. The average molecular weight is 276 g/mol. The minimum absolute atomic E-state index is 0.00270. The van der Waals surface area contributed by atoms with E-state index in [1.54, 1.807) is 0 Å². The van der Waals surface area contributed by atoms with Gasteiger partial charge < -0.3 is 15.4 Å². The normalized spacial score (nSPS) is 14.2. The van der Waals surface area contributed by atoms with Crippen molar-refractivity contribution in [2.45, 2.75) is 39.3 Å². The smallest absolute Gasteiger partial charge is 0.251 e. The summed E-state index contributed by atoms with van der Waals surface area (Å²) >= 11 is 0. The summed E-state index contributed by atoms with van der Waals surface area (Å²) in [6.07, 6.45) is 2.14. The van der Waals surface area contributed by atoms with Crippen LogP contribution in [0.1, 0.15) is 41.8 Å². The Hall–Kier alpha value is -1.39. The lowest BCUT2D eigenvalue weighted by Gasteiger charge is -2.17. The number of rotatable bonds is 6. The number of fused-ring (bicyclic) bond motifs is 1. The van der Waals surface area contributed by atoms with Gasteiger partial charge in [0.15, 0.2) is 0 Å². The van der Waals surface area contributed by atoms with Crippen molar-refractivity contribution in [3.63, 3.8) is 0 Å². The summed E-state index contributed by atoms with van der Waals surface area (Å²) < 4.78 is 5.44. The number of nitrogens with one attached hydrogen (secondary N) is 2. The van der Waals surface area contributed by atoms with Gasteiger partial charge in [-0.3, -0.25) is 4.79 Å². The van der Waals surface area contributed by atoms with Crippen LogP contribution in [0.4, 0.5) is 0 Å². The molecule has 0 bridgehead atoms. The summed E-state index contributed by atoms with van der Waals surface area (Å²) in [6.45, 7) is 7.25. The molecule has 1 aromatic carbocycles. The number of ether oxygens (including phenoxy) is 1. The first-order valence-corrected chi connectivity index (χ1v) is 7.39. The average Bonchev–Trinajstić information content (AvgIpc) is 2.46. The van der Waals surface area contributed by atoms with E-state index in [9.17, 15) is 4.79 Å². The molecule has 1 aromatic rings. The van der Waals surface area contributed by atoms with Crippen molar-refractivity contribution in [1.82, 2.24) is 10.6 Å². The zero-order valence-electron chi connectivity index (χ0n) is 12.4. The van der Waals surface area contributed by atoms with Crippen molar-refractivity contribution in [3.05, 3.63) is 34.9 Å². The van der Waals surface area contributed by atoms with E-state index in [1.165, 1.54) is 11.1 Å². The molecular formula is C16H24N2O2. The van der Waals surface area contributed by atoms with Gasteiger partial charge >= 0.3 is 0 Å². The largest absolute Gasteiger partial charge is 0.379 e. The molecule has 1 aliphatic rings. The van der Waals surface area contributed by atoms with Crippen molar-refractivity contribution in [3.8, 4) is 0 Å². The standard InChI is InChI=1S/C16H24N2O2/c1-12(2)20-9-3-7-18-16(19)14-5-4-13-6-8-17-11-15(13)10-14/h4-5,10,12,17H,3,6-9,11H2,1-2H3,(H,18,19). The van der Waals surface area contributed by atoms with Crippen LogP contribution in [0.3, 0.4) is 0 Å². The third kappa shape index (κ3) is 4.32. The van der Waals surface area contributed by atoms with Gasteiger partial charge in [-0.05, 0) is 56.5 Å². The zero-order valence-corrected chi connectivity index (χ0v) is 12.4. The lowest BCUT2D eigenvalue weighted by Crippen LogP contribution is -2.27. The molecule has 1 aliphatic heterocycles. The first-order valence-electron chi connectivity index (χ1n) is 7.39. The molecule has 0 saturated carbocycles. The van der Waals surface area contributed by atoms with Gasteiger partial charge in [0.1, 0.15) is 0 Å². The third-order valence-electron chi connectivity index (χ3n) is 3.41. The van der Waals surface area contributed by atoms with Crippen LogP contribution < -0.4 is 10.6 Å². The van der Waals surface area contributed by atoms with Gasteiger partial charge in [0.25, 0.3) is 5.91 Å². The highest BCUT2D eigenvalue weighted by atomic mass is 16.5. The maximum absolute atomic E-state index is 12.1. The third-order valence-corrected chi connectivity index (χ3v) is 3.41. The number of carbonyl (C=O) groups is 1. The van der Waals surface area contributed by atoms with Crippen LogP contribution in [0.5, 0.6) is 0 Å². The van der Waals surface area contributed by atoms with E-state index >= 15 is 0 Å². The predicted molar refractivity (Wildman–Crippen MR) is 79.9 cm³/mol. The fourth-order valence-corrected chi connectivity index (χ4v) is 2.32. The Morgan fingerprint density at radius 3 is 3.05 bits per heavy atom. The second kappa shape index (κ2) is 7.41. The second-order valence-electron chi connectivity index (χ2n) is 5.44.